The van der Waals surface area contributed by atoms with Gasteiger partial charge in [-0.2, -0.15) is 5.06 Å². The monoisotopic (exact) mass is 245 g/mol. The summed E-state index contributed by atoms with van der Waals surface area (Å²) in [6, 6.07) is 0. The molecule has 0 aromatic rings. The van der Waals surface area contributed by atoms with Crippen LogP contribution in [0.2, 0.25) is 0 Å². The van der Waals surface area contributed by atoms with Crippen LogP contribution in [0.4, 0.5) is 0 Å². The van der Waals surface area contributed by atoms with Crippen molar-refractivity contribution in [1.82, 2.24) is 14.9 Å². The highest BCUT2D eigenvalue weighted by Gasteiger charge is 2.22. The molecule has 5 heteroatoms. The fourth-order valence-electron chi connectivity index (χ4n) is 1.18. The van der Waals surface area contributed by atoms with Crippen LogP contribution in [0.15, 0.2) is 0 Å². The quantitative estimate of drug-likeness (QED) is 0.442. The van der Waals surface area contributed by atoms with Crippen LogP contribution in [0, 0.1) is 0 Å². The van der Waals surface area contributed by atoms with Crippen LogP contribution in [-0.4, -0.2) is 74.7 Å². The molecule has 0 bridgehead atoms. The number of amides is 1. The summed E-state index contributed by atoms with van der Waals surface area (Å²) in [7, 11) is 7.80. The van der Waals surface area contributed by atoms with Crippen molar-refractivity contribution in [2.24, 2.45) is 0 Å². The number of rotatable bonds is 9. The molecule has 0 aromatic heterocycles. The highest BCUT2D eigenvalue weighted by molar-refractivity contribution is 5.47. The smallest absolute Gasteiger partial charge is 0.209 e. The van der Waals surface area contributed by atoms with Crippen LogP contribution in [0.3, 0.4) is 0 Å². The van der Waals surface area contributed by atoms with Crippen molar-refractivity contribution in [3.63, 3.8) is 0 Å². The fourth-order valence-corrected chi connectivity index (χ4v) is 1.18. The van der Waals surface area contributed by atoms with Gasteiger partial charge in [0.2, 0.25) is 6.41 Å². The molecule has 0 aromatic carbocycles. The van der Waals surface area contributed by atoms with Gasteiger partial charge >= 0.3 is 0 Å². The summed E-state index contributed by atoms with van der Waals surface area (Å²) in [5.41, 5.74) is -0.163. The first kappa shape index (κ1) is 16.4. The van der Waals surface area contributed by atoms with E-state index in [4.69, 9.17) is 4.84 Å². The summed E-state index contributed by atoms with van der Waals surface area (Å²) in [6.07, 6.45) is 1.67. The van der Waals surface area contributed by atoms with Crippen LogP contribution in [0.5, 0.6) is 0 Å². The Bertz CT molecular complexity index is 220. The zero-order valence-corrected chi connectivity index (χ0v) is 12.1. The number of hydroxylamine groups is 2. The number of hydrogen-bond acceptors (Lipinski definition) is 4. The number of nitrogens with zero attached hydrogens (tertiary/aromatic N) is 3. The molecule has 0 unspecified atom stereocenters. The molecule has 0 atom stereocenters. The summed E-state index contributed by atoms with van der Waals surface area (Å²) < 4.78 is 0. The summed E-state index contributed by atoms with van der Waals surface area (Å²) in [4.78, 5) is 20.1. The number of hydrogen-bond donors (Lipinski definition) is 0. The number of carbonyl (C=O) groups is 1. The van der Waals surface area contributed by atoms with Gasteiger partial charge in [0, 0.05) is 32.7 Å². The molecule has 0 rings (SSSR count). The average molecular weight is 245 g/mol. The summed E-state index contributed by atoms with van der Waals surface area (Å²) in [6.45, 7) is 6.52. The van der Waals surface area contributed by atoms with Crippen LogP contribution in [-0.2, 0) is 9.63 Å². The van der Waals surface area contributed by atoms with E-state index in [0.717, 1.165) is 25.9 Å². The van der Waals surface area contributed by atoms with E-state index in [-0.39, 0.29) is 5.54 Å². The van der Waals surface area contributed by atoms with E-state index in [1.165, 1.54) is 0 Å². The molecule has 0 fully saturated rings. The SMILES string of the molecule is CN(C)CCN(C)OCCC(C)(C)N(C)C=O. The highest BCUT2D eigenvalue weighted by atomic mass is 16.7. The summed E-state index contributed by atoms with van der Waals surface area (Å²) >= 11 is 0. The topological polar surface area (TPSA) is 36.0 Å². The Balaban J connectivity index is 3.78. The molecule has 0 aliphatic carbocycles. The van der Waals surface area contributed by atoms with E-state index in [9.17, 15) is 4.79 Å². The van der Waals surface area contributed by atoms with Crippen molar-refractivity contribution < 1.29 is 9.63 Å². The van der Waals surface area contributed by atoms with Gasteiger partial charge in [-0.15, -0.1) is 0 Å². The minimum atomic E-state index is -0.163. The molecule has 0 N–H and O–H groups in total. The van der Waals surface area contributed by atoms with Crippen molar-refractivity contribution in [3.05, 3.63) is 0 Å². The van der Waals surface area contributed by atoms with Crippen LogP contribution < -0.4 is 0 Å². The maximum atomic E-state index is 10.7. The molecule has 0 heterocycles. The van der Waals surface area contributed by atoms with Crippen molar-refractivity contribution in [3.8, 4) is 0 Å². The van der Waals surface area contributed by atoms with Gasteiger partial charge in [-0.1, -0.05) is 0 Å². The van der Waals surface area contributed by atoms with Gasteiger partial charge in [0.05, 0.1) is 6.61 Å². The summed E-state index contributed by atoms with van der Waals surface area (Å²) in [5.74, 6) is 0. The average Bonchev–Trinajstić information content (AvgIpc) is 2.24. The molecule has 102 valence electrons. The minimum Gasteiger partial charge on any atom is -0.343 e. The Kier molecular flexibility index (Phi) is 7.34. The highest BCUT2D eigenvalue weighted by Crippen LogP contribution is 2.15. The molecule has 0 saturated carbocycles. The molecule has 17 heavy (non-hydrogen) atoms. The largest absolute Gasteiger partial charge is 0.343 e. The number of likely N-dealkylation sites (N-methyl/N-ethyl adjacent to an activating group) is 2. The predicted octanol–water partition coefficient (Wildman–Crippen LogP) is 0.668. The second-order valence-electron chi connectivity index (χ2n) is 5.27. The van der Waals surface area contributed by atoms with Gasteiger partial charge in [0.1, 0.15) is 0 Å². The van der Waals surface area contributed by atoms with Gasteiger partial charge in [0.25, 0.3) is 0 Å². The standard InChI is InChI=1S/C12H27N3O2/c1-12(2,14(5)11-16)7-10-17-15(6)9-8-13(3)4/h11H,7-10H2,1-6H3. The third-order valence-corrected chi connectivity index (χ3v) is 3.00. The van der Waals surface area contributed by atoms with Gasteiger partial charge < -0.3 is 9.80 Å². The Hall–Kier alpha value is -0.650. The Morgan fingerprint density at radius 3 is 2.18 bits per heavy atom. The third-order valence-electron chi connectivity index (χ3n) is 3.00. The Labute approximate surface area is 105 Å². The van der Waals surface area contributed by atoms with Crippen LogP contribution in [0.25, 0.3) is 0 Å². The van der Waals surface area contributed by atoms with E-state index in [1.807, 2.05) is 40.1 Å². The Morgan fingerprint density at radius 2 is 1.71 bits per heavy atom. The van der Waals surface area contributed by atoms with E-state index in [0.29, 0.717) is 6.61 Å². The van der Waals surface area contributed by atoms with Gasteiger partial charge in [-0.3, -0.25) is 9.63 Å². The maximum Gasteiger partial charge on any atom is 0.209 e. The molecule has 0 spiro atoms. The normalized spacial score (nSPS) is 12.2. The zero-order chi connectivity index (χ0) is 13.5. The first-order chi connectivity index (χ1) is 7.79. The molecule has 1 amide bonds. The first-order valence-electron chi connectivity index (χ1n) is 5.96. The lowest BCUT2D eigenvalue weighted by molar-refractivity contribution is -0.149. The van der Waals surface area contributed by atoms with Crippen molar-refractivity contribution >= 4 is 6.41 Å². The van der Waals surface area contributed by atoms with Crippen molar-refractivity contribution in [2.75, 3.05) is 47.9 Å². The van der Waals surface area contributed by atoms with Crippen LogP contribution >= 0.6 is 0 Å². The molecule has 0 aliphatic rings. The lowest BCUT2D eigenvalue weighted by atomic mass is 10.0. The molecule has 5 nitrogen and oxygen atoms in total. The predicted molar refractivity (Wildman–Crippen MR) is 69.7 cm³/mol. The van der Waals surface area contributed by atoms with Gasteiger partial charge in [-0.25, -0.2) is 0 Å². The lowest BCUT2D eigenvalue weighted by Crippen LogP contribution is -2.41. The summed E-state index contributed by atoms with van der Waals surface area (Å²) in [5, 5.41) is 1.84. The molecule has 0 aliphatic heterocycles. The van der Waals surface area contributed by atoms with Gasteiger partial charge in [-0.05, 0) is 34.4 Å². The molecule has 0 saturated heterocycles. The molecular formula is C12H27N3O2. The van der Waals surface area contributed by atoms with Gasteiger partial charge in [0.15, 0.2) is 0 Å². The van der Waals surface area contributed by atoms with Crippen LogP contribution in [0.1, 0.15) is 20.3 Å². The molecule has 0 radical (unpaired) electrons. The minimum absolute atomic E-state index is 0.163. The van der Waals surface area contributed by atoms with E-state index < -0.39 is 0 Å². The number of carbonyl (C=O) groups excluding carboxylic acids is 1. The van der Waals surface area contributed by atoms with Crippen molar-refractivity contribution in [2.45, 2.75) is 25.8 Å². The fraction of sp³-hybridized carbons (Fsp3) is 0.917. The second-order valence-corrected chi connectivity index (χ2v) is 5.27. The van der Waals surface area contributed by atoms with E-state index in [1.54, 1.807) is 11.9 Å². The zero-order valence-electron chi connectivity index (χ0n) is 12.1. The Morgan fingerprint density at radius 1 is 1.12 bits per heavy atom. The van der Waals surface area contributed by atoms with E-state index >= 15 is 0 Å². The maximum absolute atomic E-state index is 10.7. The van der Waals surface area contributed by atoms with Crippen molar-refractivity contribution in [1.29, 1.82) is 0 Å². The molecular weight excluding hydrogens is 218 g/mol. The lowest BCUT2D eigenvalue weighted by Gasteiger charge is -2.33. The second kappa shape index (κ2) is 7.63. The first-order valence-corrected chi connectivity index (χ1v) is 5.96. The van der Waals surface area contributed by atoms with E-state index in [2.05, 4.69) is 4.90 Å². The third kappa shape index (κ3) is 7.31.